The van der Waals surface area contributed by atoms with Gasteiger partial charge in [0, 0.05) is 6.04 Å². The lowest BCUT2D eigenvalue weighted by Crippen LogP contribution is -2.09. The fourth-order valence-electron chi connectivity index (χ4n) is 2.46. The lowest BCUT2D eigenvalue weighted by atomic mass is 10.0. The molecule has 0 aliphatic heterocycles. The van der Waals surface area contributed by atoms with Crippen LogP contribution in [-0.4, -0.2) is 31.6 Å². The largest absolute Gasteiger partial charge is 0.481 e. The van der Waals surface area contributed by atoms with E-state index in [1.165, 1.54) is 31.0 Å². The summed E-state index contributed by atoms with van der Waals surface area (Å²) in [5.74, 6) is 0.0209. The number of hydrogen-bond donors (Lipinski definition) is 1. The zero-order valence-corrected chi connectivity index (χ0v) is 11.4. The number of thioether (sulfide) groups is 1. The summed E-state index contributed by atoms with van der Waals surface area (Å²) in [5, 5.41) is 17.4. The third-order valence-corrected chi connectivity index (χ3v) is 4.43. The molecule has 1 aromatic rings. The van der Waals surface area contributed by atoms with Crippen molar-refractivity contribution in [3.05, 3.63) is 6.33 Å². The van der Waals surface area contributed by atoms with E-state index in [4.69, 9.17) is 5.11 Å². The first-order valence-electron chi connectivity index (χ1n) is 6.41. The van der Waals surface area contributed by atoms with Crippen LogP contribution in [0.5, 0.6) is 0 Å². The Hall–Kier alpha value is -1.04. The molecular weight excluding hydrogens is 250 g/mol. The fraction of sp³-hybridized carbons (Fsp3) is 0.750. The van der Waals surface area contributed by atoms with Crippen LogP contribution in [0.2, 0.25) is 0 Å². The number of aliphatic carboxylic acids is 1. The van der Waals surface area contributed by atoms with Gasteiger partial charge in [0.2, 0.25) is 0 Å². The molecule has 2 atom stereocenters. The van der Waals surface area contributed by atoms with E-state index < -0.39 is 5.97 Å². The average molecular weight is 269 g/mol. The lowest BCUT2D eigenvalue weighted by Gasteiger charge is -2.17. The normalized spacial score (nSPS) is 24.7. The maximum atomic E-state index is 10.6. The molecule has 2 unspecified atom stereocenters. The highest BCUT2D eigenvalue weighted by Gasteiger charge is 2.20. The molecule has 1 fully saturated rings. The fourth-order valence-corrected chi connectivity index (χ4v) is 3.16. The number of aromatic nitrogens is 3. The second-order valence-corrected chi connectivity index (χ2v) is 5.91. The van der Waals surface area contributed by atoms with Crippen LogP contribution in [0, 0.1) is 5.92 Å². The molecule has 1 N–H and O–H groups in total. The summed E-state index contributed by atoms with van der Waals surface area (Å²) in [7, 11) is 0. The molecule has 0 amide bonds. The van der Waals surface area contributed by atoms with Crippen LogP contribution >= 0.6 is 11.8 Å². The maximum Gasteiger partial charge on any atom is 0.313 e. The number of carboxylic acids is 1. The maximum absolute atomic E-state index is 10.6. The standard InChI is InChI=1S/C12H19N3O2S/c1-9-3-2-4-10(6-5-9)15-8-13-14-12(15)18-7-11(16)17/h8-10H,2-7H2,1H3,(H,16,17). The van der Waals surface area contributed by atoms with Crippen LogP contribution in [0.1, 0.15) is 45.1 Å². The molecule has 1 aromatic heterocycles. The minimum Gasteiger partial charge on any atom is -0.481 e. The Kier molecular flexibility index (Phi) is 4.63. The highest BCUT2D eigenvalue weighted by atomic mass is 32.2. The topological polar surface area (TPSA) is 68.0 Å². The van der Waals surface area contributed by atoms with Gasteiger partial charge in [-0.05, 0) is 25.2 Å². The van der Waals surface area contributed by atoms with Crippen molar-refractivity contribution in [3.63, 3.8) is 0 Å². The van der Waals surface area contributed by atoms with Crippen molar-refractivity contribution < 1.29 is 9.90 Å². The van der Waals surface area contributed by atoms with Gasteiger partial charge in [-0.1, -0.05) is 31.5 Å². The first-order valence-corrected chi connectivity index (χ1v) is 7.39. The number of carboxylic acid groups (broad SMARTS) is 1. The van der Waals surface area contributed by atoms with Crippen molar-refractivity contribution in [2.75, 3.05) is 5.75 Å². The van der Waals surface area contributed by atoms with Crippen LogP contribution in [-0.2, 0) is 4.79 Å². The number of rotatable bonds is 4. The molecule has 0 saturated heterocycles. The summed E-state index contributed by atoms with van der Waals surface area (Å²) in [6.45, 7) is 2.30. The summed E-state index contributed by atoms with van der Waals surface area (Å²) < 4.78 is 2.06. The minimum atomic E-state index is -0.816. The molecule has 1 aliphatic carbocycles. The predicted octanol–water partition coefficient (Wildman–Crippen LogP) is 2.60. The summed E-state index contributed by atoms with van der Waals surface area (Å²) in [6, 6.07) is 0.432. The second kappa shape index (κ2) is 6.22. The van der Waals surface area contributed by atoms with E-state index in [0.29, 0.717) is 6.04 Å². The van der Waals surface area contributed by atoms with Crippen LogP contribution in [0.25, 0.3) is 0 Å². The van der Waals surface area contributed by atoms with Crippen LogP contribution in [0.15, 0.2) is 11.5 Å². The Labute approximate surface area is 111 Å². The van der Waals surface area contributed by atoms with E-state index in [0.717, 1.165) is 23.9 Å². The smallest absolute Gasteiger partial charge is 0.313 e. The minimum absolute atomic E-state index is 0.0435. The first-order chi connectivity index (χ1) is 8.66. The summed E-state index contributed by atoms with van der Waals surface area (Å²) >= 11 is 1.25. The molecule has 0 aromatic carbocycles. The van der Waals surface area contributed by atoms with Crippen molar-refractivity contribution in [3.8, 4) is 0 Å². The molecule has 6 heteroatoms. The Morgan fingerprint density at radius 1 is 1.50 bits per heavy atom. The van der Waals surface area contributed by atoms with Crippen molar-refractivity contribution in [1.82, 2.24) is 14.8 Å². The van der Waals surface area contributed by atoms with Crippen molar-refractivity contribution >= 4 is 17.7 Å². The molecule has 18 heavy (non-hydrogen) atoms. The summed E-state index contributed by atoms with van der Waals surface area (Å²) in [5.41, 5.74) is 0. The quantitative estimate of drug-likeness (QED) is 0.672. The Morgan fingerprint density at radius 3 is 3.11 bits per heavy atom. The monoisotopic (exact) mass is 269 g/mol. The highest BCUT2D eigenvalue weighted by Crippen LogP contribution is 2.32. The van der Waals surface area contributed by atoms with Gasteiger partial charge in [0.1, 0.15) is 6.33 Å². The van der Waals surface area contributed by atoms with Crippen molar-refractivity contribution in [1.29, 1.82) is 0 Å². The number of carbonyl (C=O) groups is 1. The molecule has 1 heterocycles. The number of nitrogens with zero attached hydrogens (tertiary/aromatic N) is 3. The van der Waals surface area contributed by atoms with E-state index >= 15 is 0 Å². The van der Waals surface area contributed by atoms with Crippen LogP contribution in [0.4, 0.5) is 0 Å². The Balaban J connectivity index is 2.03. The van der Waals surface area contributed by atoms with Gasteiger partial charge in [-0.3, -0.25) is 4.79 Å². The van der Waals surface area contributed by atoms with E-state index in [-0.39, 0.29) is 5.75 Å². The second-order valence-electron chi connectivity index (χ2n) is 4.97. The van der Waals surface area contributed by atoms with Crippen LogP contribution in [0.3, 0.4) is 0 Å². The van der Waals surface area contributed by atoms with Crippen molar-refractivity contribution in [2.24, 2.45) is 5.92 Å². The van der Waals surface area contributed by atoms with Gasteiger partial charge >= 0.3 is 5.97 Å². The Morgan fingerprint density at radius 2 is 2.33 bits per heavy atom. The third kappa shape index (κ3) is 3.48. The van der Waals surface area contributed by atoms with E-state index in [1.807, 2.05) is 0 Å². The van der Waals surface area contributed by atoms with Crippen molar-refractivity contribution in [2.45, 2.75) is 50.2 Å². The predicted molar refractivity (Wildman–Crippen MR) is 69.7 cm³/mol. The zero-order valence-electron chi connectivity index (χ0n) is 10.6. The SMILES string of the molecule is CC1CCCC(n2cnnc2SCC(=O)O)CC1. The average Bonchev–Trinajstić information content (AvgIpc) is 2.69. The van der Waals surface area contributed by atoms with Gasteiger partial charge in [-0.2, -0.15) is 0 Å². The molecule has 100 valence electrons. The molecular formula is C12H19N3O2S. The first kappa shape index (κ1) is 13.4. The van der Waals surface area contributed by atoms with Gasteiger partial charge < -0.3 is 9.67 Å². The molecule has 2 rings (SSSR count). The molecule has 0 spiro atoms. The molecule has 1 aliphatic rings. The zero-order chi connectivity index (χ0) is 13.0. The van der Waals surface area contributed by atoms with Gasteiger partial charge in [0.15, 0.2) is 5.16 Å². The molecule has 0 bridgehead atoms. The molecule has 0 radical (unpaired) electrons. The molecule has 5 nitrogen and oxygen atoms in total. The molecule has 1 saturated carbocycles. The summed E-state index contributed by atoms with van der Waals surface area (Å²) in [6.07, 6.45) is 7.77. The van der Waals surface area contributed by atoms with Crippen LogP contribution < -0.4 is 0 Å². The summed E-state index contributed by atoms with van der Waals surface area (Å²) in [4.78, 5) is 10.6. The van der Waals surface area contributed by atoms with Gasteiger partial charge in [-0.25, -0.2) is 0 Å². The van der Waals surface area contributed by atoms with Gasteiger partial charge in [0.25, 0.3) is 0 Å². The van der Waals surface area contributed by atoms with Gasteiger partial charge in [-0.15, -0.1) is 10.2 Å². The van der Waals surface area contributed by atoms with Gasteiger partial charge in [0.05, 0.1) is 5.75 Å². The van der Waals surface area contributed by atoms with E-state index in [1.54, 1.807) is 6.33 Å². The number of hydrogen-bond acceptors (Lipinski definition) is 4. The highest BCUT2D eigenvalue weighted by molar-refractivity contribution is 7.99. The lowest BCUT2D eigenvalue weighted by molar-refractivity contribution is -0.133. The van der Waals surface area contributed by atoms with E-state index in [9.17, 15) is 4.79 Å². The third-order valence-electron chi connectivity index (χ3n) is 3.49. The van der Waals surface area contributed by atoms with E-state index in [2.05, 4.69) is 21.7 Å². The Bertz CT molecular complexity index is 408.